The van der Waals surface area contributed by atoms with Gasteiger partial charge in [-0.3, -0.25) is 14.4 Å². The summed E-state index contributed by atoms with van der Waals surface area (Å²) in [6.07, 6.45) is 1.75. The molecule has 0 atom stereocenters. The number of thiazole rings is 1. The van der Waals surface area contributed by atoms with E-state index in [-0.39, 0.29) is 11.9 Å². The lowest BCUT2D eigenvalue weighted by molar-refractivity contribution is 0.0958. The van der Waals surface area contributed by atoms with Crippen LogP contribution >= 0.6 is 11.3 Å². The van der Waals surface area contributed by atoms with Gasteiger partial charge in [-0.05, 0) is 32.9 Å². The minimum Gasteiger partial charge on any atom is -0.267 e. The first-order valence-corrected chi connectivity index (χ1v) is 8.67. The molecule has 0 unspecified atom stereocenters. The molecule has 0 N–H and O–H groups in total. The summed E-state index contributed by atoms with van der Waals surface area (Å²) in [5.41, 5.74) is 2.43. The monoisotopic (exact) mass is 337 g/mol. The Morgan fingerprint density at radius 3 is 2.54 bits per heavy atom. The van der Waals surface area contributed by atoms with Gasteiger partial charge in [-0.1, -0.05) is 36.4 Å². The number of hydrogen-bond acceptors (Lipinski definition) is 4. The SMILES string of the molecule is Cc1nc(-c2ccccc2)sc1C(=O)n1ccccc1=NC(C)C. The van der Waals surface area contributed by atoms with Gasteiger partial charge >= 0.3 is 0 Å². The van der Waals surface area contributed by atoms with Crippen LogP contribution in [0.3, 0.4) is 0 Å². The number of carbonyl (C=O) groups is 1. The van der Waals surface area contributed by atoms with Gasteiger partial charge in [0.2, 0.25) is 0 Å². The zero-order valence-electron chi connectivity index (χ0n) is 13.9. The van der Waals surface area contributed by atoms with Crippen molar-refractivity contribution in [3.05, 3.63) is 70.8 Å². The molecule has 122 valence electrons. The van der Waals surface area contributed by atoms with Crippen molar-refractivity contribution < 1.29 is 4.79 Å². The number of aromatic nitrogens is 2. The van der Waals surface area contributed by atoms with Gasteiger partial charge in [0.1, 0.15) is 15.4 Å². The summed E-state index contributed by atoms with van der Waals surface area (Å²) in [7, 11) is 0. The van der Waals surface area contributed by atoms with Gasteiger partial charge in [0.05, 0.1) is 5.69 Å². The number of pyridine rings is 1. The average Bonchev–Trinajstić information content (AvgIpc) is 2.97. The third-order valence-electron chi connectivity index (χ3n) is 3.46. The number of aryl methyl sites for hydroxylation is 1. The molecule has 0 saturated carbocycles. The number of benzene rings is 1. The second-order valence-corrected chi connectivity index (χ2v) is 6.76. The Hall–Kier alpha value is -2.53. The van der Waals surface area contributed by atoms with Gasteiger partial charge in [-0.25, -0.2) is 4.98 Å². The normalized spacial score (nSPS) is 11.9. The standard InChI is InChI=1S/C19H19N3OS/c1-13(2)20-16-11-7-8-12-22(16)19(23)17-14(3)21-18(24-17)15-9-5-4-6-10-15/h4-13H,1-3H3. The summed E-state index contributed by atoms with van der Waals surface area (Å²) in [6, 6.07) is 15.6. The highest BCUT2D eigenvalue weighted by Crippen LogP contribution is 2.28. The number of nitrogens with zero attached hydrogens (tertiary/aromatic N) is 3. The van der Waals surface area contributed by atoms with E-state index in [2.05, 4.69) is 9.98 Å². The van der Waals surface area contributed by atoms with Crippen molar-refractivity contribution in [3.8, 4) is 10.6 Å². The van der Waals surface area contributed by atoms with Crippen LogP contribution in [-0.4, -0.2) is 21.5 Å². The molecule has 0 radical (unpaired) electrons. The summed E-state index contributed by atoms with van der Waals surface area (Å²) < 4.78 is 1.59. The molecule has 0 aliphatic carbocycles. The second-order valence-electron chi connectivity index (χ2n) is 5.76. The molecule has 0 aliphatic heterocycles. The lowest BCUT2D eigenvalue weighted by atomic mass is 10.2. The molecule has 0 fully saturated rings. The molecule has 3 aromatic rings. The Morgan fingerprint density at radius 1 is 1.12 bits per heavy atom. The highest BCUT2D eigenvalue weighted by atomic mass is 32.1. The average molecular weight is 337 g/mol. The maximum Gasteiger partial charge on any atom is 0.275 e. The third kappa shape index (κ3) is 3.36. The zero-order valence-corrected chi connectivity index (χ0v) is 14.7. The van der Waals surface area contributed by atoms with E-state index in [1.54, 1.807) is 10.8 Å². The fraction of sp³-hybridized carbons (Fsp3) is 0.211. The van der Waals surface area contributed by atoms with Crippen LogP contribution in [0.2, 0.25) is 0 Å². The molecular formula is C19H19N3OS. The van der Waals surface area contributed by atoms with Crippen LogP contribution in [0.4, 0.5) is 0 Å². The van der Waals surface area contributed by atoms with E-state index in [0.717, 1.165) is 16.3 Å². The van der Waals surface area contributed by atoms with E-state index in [9.17, 15) is 4.79 Å². The first kappa shape index (κ1) is 16.3. The Kier molecular flexibility index (Phi) is 4.71. The number of carbonyl (C=O) groups excluding carboxylic acids is 1. The summed E-state index contributed by atoms with van der Waals surface area (Å²) in [6.45, 7) is 5.86. The minimum atomic E-state index is -0.0906. The van der Waals surface area contributed by atoms with Crippen molar-refractivity contribution in [2.24, 2.45) is 4.99 Å². The molecule has 24 heavy (non-hydrogen) atoms. The molecule has 0 bridgehead atoms. The second kappa shape index (κ2) is 6.93. The quantitative estimate of drug-likeness (QED) is 0.727. The Morgan fingerprint density at radius 2 is 1.83 bits per heavy atom. The van der Waals surface area contributed by atoms with Crippen LogP contribution in [-0.2, 0) is 0 Å². The van der Waals surface area contributed by atoms with Crippen LogP contribution in [0, 0.1) is 6.92 Å². The number of hydrogen-bond donors (Lipinski definition) is 0. The van der Waals surface area contributed by atoms with Crippen molar-refractivity contribution in [3.63, 3.8) is 0 Å². The van der Waals surface area contributed by atoms with E-state index in [0.29, 0.717) is 10.4 Å². The maximum atomic E-state index is 13.0. The first-order valence-electron chi connectivity index (χ1n) is 7.85. The molecule has 1 aromatic carbocycles. The topological polar surface area (TPSA) is 47.2 Å². The molecule has 2 aromatic heterocycles. The molecule has 0 saturated heterocycles. The smallest absolute Gasteiger partial charge is 0.267 e. The van der Waals surface area contributed by atoms with E-state index in [1.807, 2.05) is 69.3 Å². The minimum absolute atomic E-state index is 0.0906. The van der Waals surface area contributed by atoms with Gasteiger partial charge in [0.25, 0.3) is 5.91 Å². The highest BCUT2D eigenvalue weighted by molar-refractivity contribution is 7.17. The molecule has 4 nitrogen and oxygen atoms in total. The van der Waals surface area contributed by atoms with Crippen molar-refractivity contribution in [2.75, 3.05) is 0 Å². The van der Waals surface area contributed by atoms with Crippen molar-refractivity contribution in [1.82, 2.24) is 9.55 Å². The van der Waals surface area contributed by atoms with Crippen LogP contribution < -0.4 is 5.49 Å². The Balaban J connectivity index is 2.05. The summed E-state index contributed by atoms with van der Waals surface area (Å²) in [4.78, 5) is 22.7. The van der Waals surface area contributed by atoms with E-state index >= 15 is 0 Å². The van der Waals surface area contributed by atoms with Crippen LogP contribution in [0.5, 0.6) is 0 Å². The van der Waals surface area contributed by atoms with Gasteiger partial charge in [0.15, 0.2) is 0 Å². The lowest BCUT2D eigenvalue weighted by Crippen LogP contribution is -2.28. The number of rotatable bonds is 3. The van der Waals surface area contributed by atoms with Gasteiger partial charge < -0.3 is 0 Å². The predicted octanol–water partition coefficient (Wildman–Crippen LogP) is 3.92. The van der Waals surface area contributed by atoms with Crippen LogP contribution in [0.1, 0.15) is 29.2 Å². The van der Waals surface area contributed by atoms with Crippen molar-refractivity contribution in [1.29, 1.82) is 0 Å². The molecular weight excluding hydrogens is 318 g/mol. The zero-order chi connectivity index (χ0) is 17.1. The van der Waals surface area contributed by atoms with Crippen molar-refractivity contribution in [2.45, 2.75) is 26.8 Å². The third-order valence-corrected chi connectivity index (χ3v) is 4.65. The van der Waals surface area contributed by atoms with Crippen LogP contribution in [0.25, 0.3) is 10.6 Å². The molecule has 3 rings (SSSR count). The fourth-order valence-corrected chi connectivity index (χ4v) is 3.39. The highest BCUT2D eigenvalue weighted by Gasteiger charge is 2.18. The fourth-order valence-electron chi connectivity index (χ4n) is 2.38. The van der Waals surface area contributed by atoms with E-state index in [1.165, 1.54) is 11.3 Å². The molecule has 2 heterocycles. The van der Waals surface area contributed by atoms with Crippen LogP contribution in [0.15, 0.2) is 59.7 Å². The summed E-state index contributed by atoms with van der Waals surface area (Å²) in [5, 5.41) is 0.857. The molecule has 0 aliphatic rings. The first-order chi connectivity index (χ1) is 11.6. The Bertz CT molecular complexity index is 923. The lowest BCUT2D eigenvalue weighted by Gasteiger charge is -2.06. The maximum absolute atomic E-state index is 13.0. The molecule has 5 heteroatoms. The van der Waals surface area contributed by atoms with E-state index < -0.39 is 0 Å². The summed E-state index contributed by atoms with van der Waals surface area (Å²) >= 11 is 1.42. The summed E-state index contributed by atoms with van der Waals surface area (Å²) in [5.74, 6) is -0.0906. The van der Waals surface area contributed by atoms with Gasteiger partial charge in [-0.15, -0.1) is 11.3 Å². The van der Waals surface area contributed by atoms with Gasteiger partial charge in [0, 0.05) is 17.8 Å². The molecule has 0 amide bonds. The predicted molar refractivity (Wildman–Crippen MR) is 97.1 cm³/mol. The van der Waals surface area contributed by atoms with E-state index in [4.69, 9.17) is 0 Å². The Labute approximate surface area is 145 Å². The van der Waals surface area contributed by atoms with Gasteiger partial charge in [-0.2, -0.15) is 0 Å². The largest absolute Gasteiger partial charge is 0.275 e. The molecule has 0 spiro atoms. The van der Waals surface area contributed by atoms with Crippen molar-refractivity contribution >= 4 is 17.2 Å².